The van der Waals surface area contributed by atoms with Crippen molar-refractivity contribution in [1.82, 2.24) is 9.13 Å². The second-order valence-electron chi connectivity index (χ2n) is 24.0. The Balaban J connectivity index is 0.856. The van der Waals surface area contributed by atoms with E-state index in [-0.39, 0.29) is 0 Å². The third kappa shape index (κ3) is 7.74. The number of aromatic nitrogens is 2. The molecular weight excluding hydrogens is 1100 g/mol. The van der Waals surface area contributed by atoms with Crippen LogP contribution in [0.3, 0.4) is 0 Å². The minimum absolute atomic E-state index is 0.568. The molecule has 2 aliphatic rings. The fraction of sp³-hybridized carbons (Fsp3) is 0.0115. The summed E-state index contributed by atoms with van der Waals surface area (Å²) in [5, 5.41) is 15.4. The van der Waals surface area contributed by atoms with Gasteiger partial charge >= 0.3 is 0 Å². The molecule has 0 unspecified atom stereocenters. The van der Waals surface area contributed by atoms with Crippen LogP contribution in [0.15, 0.2) is 315 Å². The van der Waals surface area contributed by atoms with Gasteiger partial charge in [0.1, 0.15) is 0 Å². The minimum Gasteiger partial charge on any atom is -0.309 e. The van der Waals surface area contributed by atoms with Gasteiger partial charge in [-0.15, -0.1) is 0 Å². The van der Waals surface area contributed by atoms with Gasteiger partial charge in [-0.1, -0.05) is 243 Å². The van der Waals surface area contributed by atoms with E-state index < -0.39 is 5.41 Å². The van der Waals surface area contributed by atoms with Crippen molar-refractivity contribution in [1.29, 1.82) is 5.26 Å². The van der Waals surface area contributed by atoms with Crippen molar-refractivity contribution >= 4 is 49.3 Å². The van der Waals surface area contributed by atoms with E-state index in [0.717, 1.165) is 111 Å². The quantitative estimate of drug-likeness (QED) is 0.140. The Morgan fingerprint density at radius 1 is 0.286 bits per heavy atom. The van der Waals surface area contributed by atoms with Crippen molar-refractivity contribution < 1.29 is 0 Å². The molecule has 420 valence electrons. The number of para-hydroxylation sites is 2. The van der Waals surface area contributed by atoms with Crippen molar-refractivity contribution in [2.24, 2.45) is 0 Å². The molecule has 0 saturated heterocycles. The van der Waals surface area contributed by atoms with Gasteiger partial charge in [0, 0.05) is 32.9 Å². The lowest BCUT2D eigenvalue weighted by molar-refractivity contribution is 0.791. The van der Waals surface area contributed by atoms with Crippen LogP contribution in [-0.4, -0.2) is 9.13 Å². The van der Waals surface area contributed by atoms with Gasteiger partial charge in [0.05, 0.1) is 45.7 Å². The highest BCUT2D eigenvalue weighted by Gasteiger charge is 2.52. The minimum atomic E-state index is -0.920. The molecule has 2 heterocycles. The fourth-order valence-electron chi connectivity index (χ4n) is 15.6. The van der Waals surface area contributed by atoms with E-state index in [2.05, 4.69) is 323 Å². The molecule has 0 N–H and O–H groups in total. The smallest absolute Gasteiger partial charge is 0.187 e. The maximum absolute atomic E-state index is 10.8. The molecule has 0 saturated carbocycles. The highest BCUT2D eigenvalue weighted by molar-refractivity contribution is 6.13. The number of nitrogens with zero attached hydrogens (tertiary/aromatic N) is 4. The summed E-state index contributed by atoms with van der Waals surface area (Å²) in [6.07, 6.45) is 0. The van der Waals surface area contributed by atoms with Gasteiger partial charge in [0.25, 0.3) is 0 Å². The largest absolute Gasteiger partial charge is 0.309 e. The van der Waals surface area contributed by atoms with Crippen LogP contribution in [0.4, 0.5) is 5.69 Å². The molecule has 14 aromatic carbocycles. The number of fused-ring (bicyclic) bond motifs is 16. The predicted molar refractivity (Wildman–Crippen MR) is 375 cm³/mol. The first kappa shape index (κ1) is 51.8. The van der Waals surface area contributed by atoms with E-state index in [0.29, 0.717) is 11.3 Å². The zero-order chi connectivity index (χ0) is 60.3. The normalized spacial score (nSPS) is 12.5. The first-order valence-electron chi connectivity index (χ1n) is 31.0. The molecule has 0 aliphatic heterocycles. The molecule has 0 radical (unpaired) electrons. The lowest BCUT2D eigenvalue weighted by Crippen LogP contribution is -2.26. The fourth-order valence-corrected chi connectivity index (χ4v) is 15.6. The van der Waals surface area contributed by atoms with Gasteiger partial charge in [0.15, 0.2) is 5.69 Å². The second-order valence-corrected chi connectivity index (χ2v) is 24.0. The molecule has 4 heteroatoms. The van der Waals surface area contributed by atoms with Gasteiger partial charge < -0.3 is 9.13 Å². The summed E-state index contributed by atoms with van der Waals surface area (Å²) in [6, 6.07) is 117. The standard InChI is InChI=1S/C87H52N4/c1-89-62-39-43-70-69-42-36-55(54-88)48-77(69)87(78(70)51-62)79-52-63(90-81-34-16-14-28-73(81)75-49-60(37-46-83(75)90)85-65(56-20-6-2-7-21-56)30-18-31-66(85)57-22-8-3-9-23-57)40-44-71(79)72-45-41-64(53-80(72)87)91-82-35-17-15-29-74(82)76-50-61(38-47-84(76)91)86-67(58-24-10-4-11-25-58)32-19-33-68(86)59-26-12-5-13-27-59/h2-53H. The van der Waals surface area contributed by atoms with Crippen LogP contribution < -0.4 is 0 Å². The third-order valence-electron chi connectivity index (χ3n) is 19.4. The average molecular weight is 1150 g/mol. The highest BCUT2D eigenvalue weighted by Crippen LogP contribution is 2.64. The Morgan fingerprint density at radius 2 is 0.648 bits per heavy atom. The summed E-state index contributed by atoms with van der Waals surface area (Å²) in [5.74, 6) is 0. The molecule has 4 nitrogen and oxygen atoms in total. The van der Waals surface area contributed by atoms with Crippen LogP contribution in [0.25, 0.3) is 149 Å². The molecule has 91 heavy (non-hydrogen) atoms. The monoisotopic (exact) mass is 1150 g/mol. The third-order valence-corrected chi connectivity index (χ3v) is 19.4. The summed E-state index contributed by atoms with van der Waals surface area (Å²) >= 11 is 0. The van der Waals surface area contributed by atoms with Crippen LogP contribution in [0, 0.1) is 17.9 Å². The molecule has 0 fully saturated rings. The number of hydrogen-bond donors (Lipinski definition) is 0. The van der Waals surface area contributed by atoms with E-state index >= 15 is 0 Å². The molecule has 18 rings (SSSR count). The van der Waals surface area contributed by atoms with Gasteiger partial charge in [-0.2, -0.15) is 5.26 Å². The van der Waals surface area contributed by atoms with E-state index in [1.807, 2.05) is 12.1 Å². The van der Waals surface area contributed by atoms with Gasteiger partial charge in [0.2, 0.25) is 0 Å². The van der Waals surface area contributed by atoms with Gasteiger partial charge in [-0.05, 0) is 184 Å². The molecule has 0 amide bonds. The molecule has 2 aromatic heterocycles. The predicted octanol–water partition coefficient (Wildman–Crippen LogP) is 22.6. The molecule has 0 bridgehead atoms. The lowest BCUT2D eigenvalue weighted by atomic mass is 9.70. The van der Waals surface area contributed by atoms with Crippen LogP contribution in [0.1, 0.15) is 27.8 Å². The summed E-state index contributed by atoms with van der Waals surface area (Å²) in [4.78, 5) is 4.10. The van der Waals surface area contributed by atoms with Crippen molar-refractivity contribution in [3.8, 4) is 106 Å². The molecular formula is C87H52N4. The molecule has 1 spiro atoms. The number of hydrogen-bond acceptors (Lipinski definition) is 1. The SMILES string of the molecule is [C-]#[N+]c1ccc2c(c1)C1(c3cc(C#N)ccc3-2)c2cc(-n3c4ccccc4c4cc(-c5c(-c6ccccc6)cccc5-c5ccccc5)ccc43)ccc2-c2ccc(-n3c4ccccc4c4cc(-c5c(-c6ccccc6)cccc5-c5ccccc5)ccc43)cc21. The van der Waals surface area contributed by atoms with Crippen LogP contribution >= 0.6 is 0 Å². The summed E-state index contributed by atoms with van der Waals surface area (Å²) < 4.78 is 4.87. The van der Waals surface area contributed by atoms with Crippen LogP contribution in [0.2, 0.25) is 0 Å². The average Bonchev–Trinajstić information content (AvgIpc) is 1.51. The lowest BCUT2D eigenvalue weighted by Gasteiger charge is -2.31. The van der Waals surface area contributed by atoms with E-state index in [1.54, 1.807) is 0 Å². The molecule has 16 aromatic rings. The second kappa shape index (κ2) is 20.4. The molecule has 2 aliphatic carbocycles. The zero-order valence-corrected chi connectivity index (χ0v) is 49.3. The Hall–Kier alpha value is -12.3. The summed E-state index contributed by atoms with van der Waals surface area (Å²) in [5.41, 5.74) is 29.4. The maximum atomic E-state index is 10.8. The van der Waals surface area contributed by atoms with E-state index in [4.69, 9.17) is 6.57 Å². The summed E-state index contributed by atoms with van der Waals surface area (Å²) in [7, 11) is 0. The summed E-state index contributed by atoms with van der Waals surface area (Å²) in [6.45, 7) is 8.48. The molecule has 0 atom stereocenters. The first-order valence-corrected chi connectivity index (χ1v) is 31.0. The highest BCUT2D eigenvalue weighted by atomic mass is 15.0. The van der Waals surface area contributed by atoms with Crippen molar-refractivity contribution in [3.63, 3.8) is 0 Å². The Labute approximate surface area is 527 Å². The first-order chi connectivity index (χ1) is 45.0. The van der Waals surface area contributed by atoms with Gasteiger partial charge in [-0.3, -0.25) is 0 Å². The van der Waals surface area contributed by atoms with Gasteiger partial charge in [-0.25, -0.2) is 4.85 Å². The Bertz CT molecular complexity index is 5300. The van der Waals surface area contributed by atoms with Crippen molar-refractivity contribution in [3.05, 3.63) is 355 Å². The van der Waals surface area contributed by atoms with Crippen molar-refractivity contribution in [2.75, 3.05) is 0 Å². The van der Waals surface area contributed by atoms with E-state index in [9.17, 15) is 5.26 Å². The van der Waals surface area contributed by atoms with Crippen LogP contribution in [0.5, 0.6) is 0 Å². The van der Waals surface area contributed by atoms with Crippen molar-refractivity contribution in [2.45, 2.75) is 5.41 Å². The number of benzene rings is 14. The number of rotatable bonds is 8. The zero-order valence-electron chi connectivity index (χ0n) is 49.3. The van der Waals surface area contributed by atoms with Crippen LogP contribution in [-0.2, 0) is 5.41 Å². The van der Waals surface area contributed by atoms with E-state index in [1.165, 1.54) is 55.6 Å². The Kier molecular flexibility index (Phi) is 11.6. The number of nitriles is 1. The maximum Gasteiger partial charge on any atom is 0.187 e. The topological polar surface area (TPSA) is 38.0 Å². The Morgan fingerprint density at radius 3 is 1.07 bits per heavy atom.